The summed E-state index contributed by atoms with van der Waals surface area (Å²) in [6.45, 7) is 6.17. The van der Waals surface area contributed by atoms with Crippen molar-refractivity contribution in [3.63, 3.8) is 0 Å². The molecule has 0 aliphatic rings. The zero-order valence-corrected chi connectivity index (χ0v) is 21.1. The Morgan fingerprint density at radius 1 is 0.857 bits per heavy atom. The zero-order valence-electron chi connectivity index (χ0n) is 20.3. The number of benzene rings is 3. The second-order valence-electron chi connectivity index (χ2n) is 8.67. The number of halogens is 1. The first-order chi connectivity index (χ1) is 16.8. The molecule has 0 saturated heterocycles. The second kappa shape index (κ2) is 12.4. The molecule has 0 saturated carbocycles. The molecule has 3 aromatic carbocycles. The summed E-state index contributed by atoms with van der Waals surface area (Å²) in [6.07, 6.45) is -0.206. The van der Waals surface area contributed by atoms with Crippen molar-refractivity contribution in [2.45, 2.75) is 51.7 Å². The molecule has 0 spiro atoms. The van der Waals surface area contributed by atoms with Gasteiger partial charge in [0.25, 0.3) is 0 Å². The Balaban J connectivity index is 1.92. The van der Waals surface area contributed by atoms with Crippen molar-refractivity contribution in [1.29, 1.82) is 0 Å². The summed E-state index contributed by atoms with van der Waals surface area (Å²) >= 11 is 6.05. The van der Waals surface area contributed by atoms with Crippen LogP contribution in [-0.2, 0) is 32.1 Å². The molecule has 3 aromatic rings. The van der Waals surface area contributed by atoms with Gasteiger partial charge in [-0.05, 0) is 53.8 Å². The van der Waals surface area contributed by atoms with E-state index < -0.39 is 17.5 Å². The number of esters is 2. The van der Waals surface area contributed by atoms with E-state index in [2.05, 4.69) is 13.8 Å². The Kier molecular flexibility index (Phi) is 9.32. The summed E-state index contributed by atoms with van der Waals surface area (Å²) in [5.41, 5.74) is 1.15. The van der Waals surface area contributed by atoms with Gasteiger partial charge in [-0.1, -0.05) is 80.0 Å². The molecule has 35 heavy (non-hydrogen) atoms. The molecule has 1 unspecified atom stereocenters. The van der Waals surface area contributed by atoms with Gasteiger partial charge in [0.2, 0.25) is 5.60 Å². The van der Waals surface area contributed by atoms with Crippen LogP contribution in [0.2, 0.25) is 5.02 Å². The third-order valence-electron chi connectivity index (χ3n) is 5.58. The van der Waals surface area contributed by atoms with Crippen LogP contribution < -0.4 is 4.74 Å². The standard InChI is InChI=1S/C29H31ClO5/c1-4-33-28(32)29(18-22-10-14-25(30)15-11-22,35-26-16-12-24(13-17-26)21(2)3)19-27(31)34-20-23-8-6-5-7-9-23/h5-17,21H,4,18-20H2,1-3H3. The first-order valence-corrected chi connectivity index (χ1v) is 12.1. The van der Waals surface area contributed by atoms with Crippen molar-refractivity contribution in [1.82, 2.24) is 0 Å². The molecule has 3 rings (SSSR count). The molecular formula is C29H31ClO5. The van der Waals surface area contributed by atoms with Crippen LogP contribution in [0.5, 0.6) is 5.75 Å². The van der Waals surface area contributed by atoms with Gasteiger partial charge in [0.15, 0.2) is 0 Å². The monoisotopic (exact) mass is 494 g/mol. The first kappa shape index (κ1) is 26.3. The van der Waals surface area contributed by atoms with E-state index in [1.165, 1.54) is 0 Å². The molecule has 5 nitrogen and oxygen atoms in total. The average molecular weight is 495 g/mol. The Morgan fingerprint density at radius 3 is 2.11 bits per heavy atom. The average Bonchev–Trinajstić information content (AvgIpc) is 2.85. The molecular weight excluding hydrogens is 464 g/mol. The molecule has 0 amide bonds. The fourth-order valence-corrected chi connectivity index (χ4v) is 3.81. The van der Waals surface area contributed by atoms with Crippen LogP contribution in [0.25, 0.3) is 0 Å². The summed E-state index contributed by atoms with van der Waals surface area (Å²) in [5.74, 6) is -0.373. The lowest BCUT2D eigenvalue weighted by molar-refractivity contribution is -0.169. The van der Waals surface area contributed by atoms with E-state index in [1.807, 2.05) is 42.5 Å². The molecule has 0 bridgehead atoms. The van der Waals surface area contributed by atoms with Gasteiger partial charge in [-0.2, -0.15) is 0 Å². The normalized spacial score (nSPS) is 12.6. The Labute approximate surface area is 212 Å². The van der Waals surface area contributed by atoms with Gasteiger partial charge in [-0.3, -0.25) is 4.79 Å². The SMILES string of the molecule is CCOC(=O)C(CC(=O)OCc1ccccc1)(Cc1ccc(Cl)cc1)Oc1ccc(C(C)C)cc1. The fraction of sp³-hybridized carbons (Fsp3) is 0.310. The van der Waals surface area contributed by atoms with E-state index in [9.17, 15) is 9.59 Å². The Bertz CT molecular complexity index is 1090. The highest BCUT2D eigenvalue weighted by atomic mass is 35.5. The molecule has 0 heterocycles. The minimum Gasteiger partial charge on any atom is -0.475 e. The summed E-state index contributed by atoms with van der Waals surface area (Å²) in [6, 6.07) is 24.0. The van der Waals surface area contributed by atoms with E-state index >= 15 is 0 Å². The van der Waals surface area contributed by atoms with Gasteiger partial charge < -0.3 is 14.2 Å². The fourth-order valence-electron chi connectivity index (χ4n) is 3.68. The number of carbonyl (C=O) groups excluding carboxylic acids is 2. The van der Waals surface area contributed by atoms with Crippen LogP contribution in [0.3, 0.4) is 0 Å². The lowest BCUT2D eigenvalue weighted by Crippen LogP contribution is -2.50. The number of rotatable bonds is 11. The first-order valence-electron chi connectivity index (χ1n) is 11.7. The maximum atomic E-state index is 13.3. The van der Waals surface area contributed by atoms with Crippen LogP contribution in [0.1, 0.15) is 49.8 Å². The molecule has 0 aliphatic carbocycles. The third-order valence-corrected chi connectivity index (χ3v) is 5.83. The number of ether oxygens (including phenoxy) is 3. The number of hydrogen-bond donors (Lipinski definition) is 0. The van der Waals surface area contributed by atoms with E-state index in [1.54, 1.807) is 43.3 Å². The van der Waals surface area contributed by atoms with Crippen LogP contribution in [0, 0.1) is 0 Å². The minimum absolute atomic E-state index is 0.0998. The van der Waals surface area contributed by atoms with Gasteiger partial charge in [0, 0.05) is 11.4 Å². The molecule has 184 valence electrons. The highest BCUT2D eigenvalue weighted by molar-refractivity contribution is 6.30. The van der Waals surface area contributed by atoms with Crippen molar-refractivity contribution >= 4 is 23.5 Å². The minimum atomic E-state index is -1.61. The maximum absolute atomic E-state index is 13.3. The van der Waals surface area contributed by atoms with Crippen molar-refractivity contribution in [3.8, 4) is 5.75 Å². The summed E-state index contributed by atoms with van der Waals surface area (Å²) in [7, 11) is 0. The second-order valence-corrected chi connectivity index (χ2v) is 9.10. The van der Waals surface area contributed by atoms with Gasteiger partial charge in [-0.15, -0.1) is 0 Å². The van der Waals surface area contributed by atoms with Crippen molar-refractivity contribution in [3.05, 3.63) is 101 Å². The van der Waals surface area contributed by atoms with Crippen molar-refractivity contribution in [2.75, 3.05) is 6.61 Å². The zero-order chi connectivity index (χ0) is 25.3. The van der Waals surface area contributed by atoms with Crippen LogP contribution in [-0.4, -0.2) is 24.1 Å². The van der Waals surface area contributed by atoms with Crippen LogP contribution >= 0.6 is 11.6 Å². The molecule has 6 heteroatoms. The summed E-state index contributed by atoms with van der Waals surface area (Å²) in [4.78, 5) is 26.3. The summed E-state index contributed by atoms with van der Waals surface area (Å²) in [5, 5.41) is 0.572. The lowest BCUT2D eigenvalue weighted by atomic mass is 9.90. The van der Waals surface area contributed by atoms with Gasteiger partial charge in [0.05, 0.1) is 13.0 Å². The van der Waals surface area contributed by atoms with E-state index in [4.69, 9.17) is 25.8 Å². The van der Waals surface area contributed by atoms with Crippen molar-refractivity contribution < 1.29 is 23.8 Å². The van der Waals surface area contributed by atoms with Gasteiger partial charge >= 0.3 is 11.9 Å². The molecule has 0 radical (unpaired) electrons. The topological polar surface area (TPSA) is 61.8 Å². The Hall–Kier alpha value is -3.31. The molecule has 0 aliphatic heterocycles. The molecule has 0 N–H and O–H groups in total. The van der Waals surface area contributed by atoms with Gasteiger partial charge in [0.1, 0.15) is 12.4 Å². The van der Waals surface area contributed by atoms with E-state index in [0.29, 0.717) is 16.7 Å². The van der Waals surface area contributed by atoms with E-state index in [0.717, 1.165) is 16.7 Å². The van der Waals surface area contributed by atoms with Gasteiger partial charge in [-0.25, -0.2) is 4.79 Å². The predicted octanol–water partition coefficient (Wildman–Crippen LogP) is 6.52. The van der Waals surface area contributed by atoms with Crippen LogP contribution in [0.15, 0.2) is 78.9 Å². The molecule has 0 fully saturated rings. The van der Waals surface area contributed by atoms with E-state index in [-0.39, 0.29) is 26.1 Å². The molecule has 0 aromatic heterocycles. The Morgan fingerprint density at radius 2 is 1.51 bits per heavy atom. The summed E-state index contributed by atoms with van der Waals surface area (Å²) < 4.78 is 17.2. The van der Waals surface area contributed by atoms with Crippen LogP contribution in [0.4, 0.5) is 0 Å². The maximum Gasteiger partial charge on any atom is 0.351 e. The largest absolute Gasteiger partial charge is 0.475 e. The predicted molar refractivity (Wildman–Crippen MR) is 137 cm³/mol. The third kappa shape index (κ3) is 7.59. The highest BCUT2D eigenvalue weighted by Crippen LogP contribution is 2.30. The number of hydrogen-bond acceptors (Lipinski definition) is 5. The highest BCUT2D eigenvalue weighted by Gasteiger charge is 2.45. The lowest BCUT2D eigenvalue weighted by Gasteiger charge is -2.32. The van der Waals surface area contributed by atoms with Crippen molar-refractivity contribution in [2.24, 2.45) is 0 Å². The number of carbonyl (C=O) groups is 2. The quantitative estimate of drug-likeness (QED) is 0.284. The smallest absolute Gasteiger partial charge is 0.351 e. The molecule has 1 atom stereocenters.